The van der Waals surface area contributed by atoms with Gasteiger partial charge in [-0.05, 0) is 28.4 Å². The van der Waals surface area contributed by atoms with E-state index in [4.69, 9.17) is 27.3 Å². The van der Waals surface area contributed by atoms with E-state index in [2.05, 4.69) is 31.9 Å². The lowest BCUT2D eigenvalue weighted by atomic mass is 9.85. The molecule has 0 atom stereocenters. The molecule has 0 aliphatic rings. The van der Waals surface area contributed by atoms with E-state index in [1.54, 1.807) is 0 Å². The summed E-state index contributed by atoms with van der Waals surface area (Å²) >= 11 is 12.4. The molecular weight excluding hydrogens is 301 g/mol. The van der Waals surface area contributed by atoms with Crippen LogP contribution in [-0.2, 0) is 0 Å². The van der Waals surface area contributed by atoms with Crippen LogP contribution in [0.15, 0.2) is 8.95 Å². The van der Waals surface area contributed by atoms with Crippen LogP contribution in [0.4, 0.5) is 0 Å². The summed E-state index contributed by atoms with van der Waals surface area (Å²) in [6.45, 7) is 1.87. The second kappa shape index (κ2) is 3.77. The van der Waals surface area contributed by atoms with Crippen LogP contribution >= 0.6 is 43.5 Å². The van der Waals surface area contributed by atoms with E-state index in [1.165, 1.54) is 0 Å². The summed E-state index contributed by atoms with van der Waals surface area (Å²) in [6, 6.07) is 0. The zero-order valence-corrected chi connectivity index (χ0v) is 10.2. The third kappa shape index (κ3) is 1.61. The molecule has 4 radical (unpaired) electrons. The van der Waals surface area contributed by atoms with E-state index in [-0.39, 0.29) is 0 Å². The first-order valence-corrected chi connectivity index (χ1v) is 5.11. The maximum Gasteiger partial charge on any atom is 0.117 e. The molecule has 0 saturated carbocycles. The Kier molecular flexibility index (Phi) is 3.35. The first-order valence-electron chi connectivity index (χ1n) is 3.14. The molecule has 58 valence electrons. The van der Waals surface area contributed by atoms with E-state index < -0.39 is 0 Å². The van der Waals surface area contributed by atoms with Crippen molar-refractivity contribution in [2.45, 2.75) is 6.92 Å². The van der Waals surface area contributed by atoms with Gasteiger partial charge in [0.15, 0.2) is 0 Å². The molecule has 0 fully saturated rings. The minimum absolute atomic E-state index is 0.449. The van der Waals surface area contributed by atoms with E-state index in [0.717, 1.165) is 10.0 Å². The Bertz CT molecular complexity index is 234. The normalized spacial score (nSPS) is 10.3. The maximum absolute atomic E-state index is 5.88. The average Bonchev–Trinajstić information content (AvgIpc) is 2.08. The van der Waals surface area contributed by atoms with Crippen molar-refractivity contribution in [3.05, 3.63) is 19.5 Å². The number of hydrogen-bond donors (Lipinski definition) is 0. The molecule has 0 heterocycles. The quantitative estimate of drug-likeness (QED) is 0.506. The Hall–Kier alpha value is 0.600. The summed E-state index contributed by atoms with van der Waals surface area (Å²) in [5.41, 5.74) is 2.01. The van der Waals surface area contributed by atoms with Crippen molar-refractivity contribution in [1.82, 2.24) is 0 Å². The molecule has 0 bridgehead atoms. The molecule has 0 nitrogen and oxygen atoms in total. The van der Waals surface area contributed by atoms with Gasteiger partial charge in [-0.2, -0.15) is 0 Å². The molecule has 5 heteroatoms. The summed E-state index contributed by atoms with van der Waals surface area (Å²) in [7, 11) is 11.4. The summed E-state index contributed by atoms with van der Waals surface area (Å²) < 4.78 is 1.41. The molecule has 1 aromatic rings. The Balaban J connectivity index is 3.60. The fourth-order valence-corrected chi connectivity index (χ4v) is 2.05. The first kappa shape index (κ1) is 10.7. The third-order valence-corrected chi connectivity index (χ3v) is 4.10. The van der Waals surface area contributed by atoms with Gasteiger partial charge in [0.05, 0.1) is 0 Å². The predicted octanol–water partition coefficient (Wildman–Crippen LogP) is 1.76. The average molecular weight is 304 g/mol. The smallest absolute Gasteiger partial charge is 0.0837 e. The van der Waals surface area contributed by atoms with Gasteiger partial charge in [0.1, 0.15) is 15.7 Å². The molecule has 0 aliphatic carbocycles. The minimum atomic E-state index is 0.449. The lowest BCUT2D eigenvalue weighted by molar-refractivity contribution is 1.48. The minimum Gasteiger partial charge on any atom is -0.0837 e. The van der Waals surface area contributed by atoms with Crippen LogP contribution in [0.2, 0.25) is 5.02 Å². The highest BCUT2D eigenvalue weighted by molar-refractivity contribution is 9.11. The Morgan fingerprint density at radius 3 is 2.08 bits per heavy atom. The lowest BCUT2D eigenvalue weighted by Crippen LogP contribution is -2.20. The molecular formula is C7H3B2Br2Cl. The van der Waals surface area contributed by atoms with Gasteiger partial charge < -0.3 is 0 Å². The van der Waals surface area contributed by atoms with Crippen molar-refractivity contribution in [2.75, 3.05) is 0 Å². The zero-order valence-electron chi connectivity index (χ0n) is 6.29. The fourth-order valence-electron chi connectivity index (χ4n) is 0.818. The lowest BCUT2D eigenvalue weighted by Gasteiger charge is -2.12. The number of halogens is 3. The predicted molar refractivity (Wildman–Crippen MR) is 62.4 cm³/mol. The maximum atomic E-state index is 5.88. The van der Waals surface area contributed by atoms with Crippen molar-refractivity contribution in [3.63, 3.8) is 0 Å². The van der Waals surface area contributed by atoms with Crippen LogP contribution in [0, 0.1) is 6.92 Å². The highest BCUT2D eigenvalue weighted by Crippen LogP contribution is 2.23. The Morgan fingerprint density at radius 1 is 1.08 bits per heavy atom. The molecule has 12 heavy (non-hydrogen) atoms. The zero-order chi connectivity index (χ0) is 9.46. The Labute approximate surface area is 96.1 Å². The van der Waals surface area contributed by atoms with Crippen LogP contribution in [-0.4, -0.2) is 15.7 Å². The second-order valence-corrected chi connectivity index (χ2v) is 4.36. The van der Waals surface area contributed by atoms with Crippen LogP contribution in [0.5, 0.6) is 0 Å². The van der Waals surface area contributed by atoms with Crippen LogP contribution in [0.25, 0.3) is 0 Å². The molecule has 0 N–H and O–H groups in total. The van der Waals surface area contributed by atoms with Crippen molar-refractivity contribution < 1.29 is 0 Å². The van der Waals surface area contributed by atoms with Gasteiger partial charge in [0.2, 0.25) is 0 Å². The standard InChI is InChI=1S/C7H3B2Br2Cl/c1-2-3(8)6(11)7(12)4(9)5(2)10/h1H3. The summed E-state index contributed by atoms with van der Waals surface area (Å²) in [5.74, 6) is 0. The molecule has 0 aromatic heterocycles. The van der Waals surface area contributed by atoms with E-state index in [1.807, 2.05) is 6.92 Å². The first-order chi connectivity index (χ1) is 5.46. The number of hydrogen-bond acceptors (Lipinski definition) is 0. The monoisotopic (exact) mass is 302 g/mol. The van der Waals surface area contributed by atoms with Crippen molar-refractivity contribution in [3.8, 4) is 0 Å². The van der Waals surface area contributed by atoms with E-state index in [0.29, 0.717) is 20.4 Å². The van der Waals surface area contributed by atoms with Crippen LogP contribution < -0.4 is 10.9 Å². The van der Waals surface area contributed by atoms with Crippen molar-refractivity contribution in [1.29, 1.82) is 0 Å². The van der Waals surface area contributed by atoms with Gasteiger partial charge >= 0.3 is 0 Å². The van der Waals surface area contributed by atoms with Gasteiger partial charge in [0.25, 0.3) is 0 Å². The largest absolute Gasteiger partial charge is 0.117 e. The van der Waals surface area contributed by atoms with Gasteiger partial charge in [0, 0.05) is 14.0 Å². The topological polar surface area (TPSA) is 0 Å². The van der Waals surface area contributed by atoms with E-state index in [9.17, 15) is 0 Å². The van der Waals surface area contributed by atoms with Gasteiger partial charge in [-0.3, -0.25) is 0 Å². The van der Waals surface area contributed by atoms with Crippen LogP contribution in [0.3, 0.4) is 0 Å². The molecule has 0 amide bonds. The van der Waals surface area contributed by atoms with Crippen molar-refractivity contribution in [2.24, 2.45) is 0 Å². The van der Waals surface area contributed by atoms with Gasteiger partial charge in [-0.25, -0.2) is 0 Å². The highest BCUT2D eigenvalue weighted by atomic mass is 79.9. The summed E-state index contributed by atoms with van der Waals surface area (Å²) in [5, 5.41) is 0.449. The molecule has 1 rings (SSSR count). The molecule has 0 spiro atoms. The molecule has 1 aromatic carbocycles. The van der Waals surface area contributed by atoms with E-state index >= 15 is 0 Å². The second-order valence-electron chi connectivity index (χ2n) is 2.39. The number of rotatable bonds is 0. The highest BCUT2D eigenvalue weighted by Gasteiger charge is 2.10. The molecule has 0 aliphatic heterocycles. The van der Waals surface area contributed by atoms with Crippen LogP contribution in [0.1, 0.15) is 5.56 Å². The summed E-state index contributed by atoms with van der Waals surface area (Å²) in [6.07, 6.45) is 0. The summed E-state index contributed by atoms with van der Waals surface area (Å²) in [4.78, 5) is 0. The molecule has 0 saturated heterocycles. The van der Waals surface area contributed by atoms with Gasteiger partial charge in [-0.1, -0.05) is 38.5 Å². The van der Waals surface area contributed by atoms with Crippen molar-refractivity contribution >= 4 is 70.1 Å². The Morgan fingerprint density at radius 2 is 1.58 bits per heavy atom. The molecule has 0 unspecified atom stereocenters. The SMILES string of the molecule is [B]c1c(Cl)c(Br)c([B])c(C)c1Br. The number of benzene rings is 1. The third-order valence-electron chi connectivity index (χ3n) is 1.64. The fraction of sp³-hybridized carbons (Fsp3) is 0.143. The van der Waals surface area contributed by atoms with Gasteiger partial charge in [-0.15, -0.1) is 0 Å².